The molecule has 1 amide bonds. The zero-order valence-corrected chi connectivity index (χ0v) is 17.8. The van der Waals surface area contributed by atoms with Crippen LogP contribution in [0.1, 0.15) is 27.5 Å². The molecule has 5 nitrogen and oxygen atoms in total. The maximum atomic E-state index is 13.4. The maximum Gasteiger partial charge on any atom is 0.244 e. The summed E-state index contributed by atoms with van der Waals surface area (Å²) >= 11 is 0. The highest BCUT2D eigenvalue weighted by Crippen LogP contribution is 2.29. The molecule has 0 fully saturated rings. The standard InChI is InChI=1S/C24H24N2O3S/c1-18-10-12-22(15-19(18)2)30(28,29)23(21-9-6-14-25-16-21)17-26-24(27)13-11-20-7-4-3-5-8-20/h3-16,23H,17H2,1-2H3,(H,26,27)/b13-11+/t23-/m0/s1. The molecule has 0 spiro atoms. The molecule has 1 aromatic heterocycles. The van der Waals surface area contributed by atoms with Crippen molar-refractivity contribution in [1.29, 1.82) is 0 Å². The van der Waals surface area contributed by atoms with Crippen molar-refractivity contribution in [3.8, 4) is 0 Å². The Bertz CT molecular complexity index is 1140. The van der Waals surface area contributed by atoms with Crippen LogP contribution in [-0.4, -0.2) is 25.9 Å². The quantitative estimate of drug-likeness (QED) is 0.585. The van der Waals surface area contributed by atoms with E-state index < -0.39 is 15.1 Å². The van der Waals surface area contributed by atoms with E-state index in [-0.39, 0.29) is 17.3 Å². The Balaban J connectivity index is 1.84. The molecular formula is C24H24N2O3S. The van der Waals surface area contributed by atoms with Crippen molar-refractivity contribution in [1.82, 2.24) is 10.3 Å². The minimum Gasteiger partial charge on any atom is -0.351 e. The van der Waals surface area contributed by atoms with Gasteiger partial charge in [-0.25, -0.2) is 8.42 Å². The van der Waals surface area contributed by atoms with Gasteiger partial charge in [-0.05, 0) is 60.4 Å². The summed E-state index contributed by atoms with van der Waals surface area (Å²) in [6.45, 7) is 3.76. The second kappa shape index (κ2) is 9.50. The normalized spacial score (nSPS) is 12.6. The molecular weight excluding hydrogens is 396 g/mol. The van der Waals surface area contributed by atoms with Crippen molar-refractivity contribution in [3.05, 3.63) is 101 Å². The van der Waals surface area contributed by atoms with Crippen LogP contribution in [-0.2, 0) is 14.6 Å². The number of amides is 1. The van der Waals surface area contributed by atoms with E-state index in [9.17, 15) is 13.2 Å². The highest BCUT2D eigenvalue weighted by molar-refractivity contribution is 7.91. The third-order valence-electron chi connectivity index (χ3n) is 4.93. The molecule has 0 aliphatic rings. The number of benzene rings is 2. The number of aryl methyl sites for hydroxylation is 2. The van der Waals surface area contributed by atoms with Crippen molar-refractivity contribution in [2.45, 2.75) is 24.0 Å². The molecule has 3 rings (SSSR count). The second-order valence-corrected chi connectivity index (χ2v) is 9.19. The summed E-state index contributed by atoms with van der Waals surface area (Å²) in [4.78, 5) is 16.6. The summed E-state index contributed by atoms with van der Waals surface area (Å²) in [5, 5.41) is 1.78. The second-order valence-electron chi connectivity index (χ2n) is 7.06. The number of aromatic nitrogens is 1. The van der Waals surface area contributed by atoms with Crippen molar-refractivity contribution < 1.29 is 13.2 Å². The molecule has 1 atom stereocenters. The largest absolute Gasteiger partial charge is 0.351 e. The van der Waals surface area contributed by atoms with Crippen LogP contribution >= 0.6 is 0 Å². The van der Waals surface area contributed by atoms with Crippen molar-refractivity contribution in [2.75, 3.05) is 6.54 Å². The van der Waals surface area contributed by atoms with E-state index in [1.54, 1.807) is 42.6 Å². The zero-order valence-electron chi connectivity index (χ0n) is 16.9. The van der Waals surface area contributed by atoms with Gasteiger partial charge in [0.15, 0.2) is 9.84 Å². The summed E-state index contributed by atoms with van der Waals surface area (Å²) in [6.07, 6.45) is 6.20. The van der Waals surface area contributed by atoms with Crippen LogP contribution in [0.5, 0.6) is 0 Å². The number of nitrogens with zero attached hydrogens (tertiary/aromatic N) is 1. The van der Waals surface area contributed by atoms with Gasteiger partial charge in [-0.2, -0.15) is 0 Å². The van der Waals surface area contributed by atoms with Crippen molar-refractivity contribution in [3.63, 3.8) is 0 Å². The first kappa shape index (κ1) is 21.5. The van der Waals surface area contributed by atoms with Gasteiger partial charge >= 0.3 is 0 Å². The first-order chi connectivity index (χ1) is 14.4. The fraction of sp³-hybridized carbons (Fsp3) is 0.167. The lowest BCUT2D eigenvalue weighted by molar-refractivity contribution is -0.116. The summed E-state index contributed by atoms with van der Waals surface area (Å²) < 4.78 is 26.8. The molecule has 0 aliphatic heterocycles. The van der Waals surface area contributed by atoms with Crippen molar-refractivity contribution in [2.24, 2.45) is 0 Å². The number of rotatable bonds is 7. The number of hydrogen-bond acceptors (Lipinski definition) is 4. The van der Waals surface area contributed by atoms with Crippen LogP contribution in [0, 0.1) is 13.8 Å². The molecule has 2 aromatic carbocycles. The van der Waals surface area contributed by atoms with Gasteiger partial charge in [0, 0.05) is 25.0 Å². The Morgan fingerprint density at radius 2 is 1.80 bits per heavy atom. The smallest absolute Gasteiger partial charge is 0.244 e. The fourth-order valence-corrected chi connectivity index (χ4v) is 4.74. The molecule has 0 aliphatic carbocycles. The topological polar surface area (TPSA) is 76.1 Å². The monoisotopic (exact) mass is 420 g/mol. The molecule has 0 radical (unpaired) electrons. The van der Waals surface area contributed by atoms with Crippen LogP contribution in [0.2, 0.25) is 0 Å². The van der Waals surface area contributed by atoms with E-state index in [4.69, 9.17) is 0 Å². The lowest BCUT2D eigenvalue weighted by atomic mass is 10.1. The first-order valence-corrected chi connectivity index (χ1v) is 11.1. The molecule has 30 heavy (non-hydrogen) atoms. The fourth-order valence-electron chi connectivity index (χ4n) is 3.02. The molecule has 1 N–H and O–H groups in total. The number of hydrogen-bond donors (Lipinski definition) is 1. The van der Waals surface area contributed by atoms with Crippen LogP contribution < -0.4 is 5.32 Å². The maximum absolute atomic E-state index is 13.4. The highest BCUT2D eigenvalue weighted by Gasteiger charge is 2.30. The predicted molar refractivity (Wildman–Crippen MR) is 119 cm³/mol. The molecule has 3 aromatic rings. The Labute approximate surface area is 177 Å². The Morgan fingerprint density at radius 3 is 2.47 bits per heavy atom. The lowest BCUT2D eigenvalue weighted by Gasteiger charge is -2.19. The Hall–Kier alpha value is -3.25. The van der Waals surface area contributed by atoms with Gasteiger partial charge in [-0.1, -0.05) is 42.5 Å². The summed E-state index contributed by atoms with van der Waals surface area (Å²) in [5.41, 5.74) is 3.34. The summed E-state index contributed by atoms with van der Waals surface area (Å²) in [6, 6.07) is 17.9. The summed E-state index contributed by atoms with van der Waals surface area (Å²) in [5.74, 6) is -0.358. The molecule has 1 heterocycles. The zero-order chi connectivity index (χ0) is 21.6. The van der Waals surface area contributed by atoms with E-state index >= 15 is 0 Å². The minimum absolute atomic E-state index is 0.0566. The van der Waals surface area contributed by atoms with E-state index in [2.05, 4.69) is 10.3 Å². The predicted octanol–water partition coefficient (Wildman–Crippen LogP) is 4.04. The molecule has 0 saturated carbocycles. The van der Waals surface area contributed by atoms with Crippen LogP contribution in [0.15, 0.2) is 84.0 Å². The van der Waals surface area contributed by atoms with Crippen LogP contribution in [0.25, 0.3) is 6.08 Å². The van der Waals surface area contributed by atoms with Gasteiger partial charge < -0.3 is 5.32 Å². The third-order valence-corrected chi connectivity index (χ3v) is 7.03. The van der Waals surface area contributed by atoms with Gasteiger partial charge in [0.1, 0.15) is 5.25 Å². The molecule has 6 heteroatoms. The van der Waals surface area contributed by atoms with Crippen molar-refractivity contribution >= 4 is 21.8 Å². The van der Waals surface area contributed by atoms with Gasteiger partial charge in [0.25, 0.3) is 0 Å². The lowest BCUT2D eigenvalue weighted by Crippen LogP contribution is -2.31. The number of pyridine rings is 1. The molecule has 154 valence electrons. The molecule has 0 bridgehead atoms. The average molecular weight is 421 g/mol. The Kier molecular flexibility index (Phi) is 6.79. The van der Waals surface area contributed by atoms with Gasteiger partial charge in [0.05, 0.1) is 4.90 Å². The highest BCUT2D eigenvalue weighted by atomic mass is 32.2. The number of sulfone groups is 1. The van der Waals surface area contributed by atoms with Crippen LogP contribution in [0.3, 0.4) is 0 Å². The average Bonchev–Trinajstić information content (AvgIpc) is 2.75. The number of carbonyl (C=O) groups is 1. The summed E-state index contributed by atoms with van der Waals surface area (Å²) in [7, 11) is -3.73. The Morgan fingerprint density at radius 1 is 1.03 bits per heavy atom. The third kappa shape index (κ3) is 5.21. The van der Waals surface area contributed by atoms with E-state index in [1.807, 2.05) is 44.2 Å². The van der Waals surface area contributed by atoms with Gasteiger partial charge in [-0.3, -0.25) is 9.78 Å². The molecule has 0 unspecified atom stereocenters. The first-order valence-electron chi connectivity index (χ1n) is 9.60. The minimum atomic E-state index is -3.73. The van der Waals surface area contributed by atoms with Gasteiger partial charge in [0.2, 0.25) is 5.91 Å². The van der Waals surface area contributed by atoms with E-state index in [0.29, 0.717) is 5.56 Å². The van der Waals surface area contributed by atoms with Crippen LogP contribution in [0.4, 0.5) is 0 Å². The van der Waals surface area contributed by atoms with Gasteiger partial charge in [-0.15, -0.1) is 0 Å². The number of nitrogens with one attached hydrogen (secondary N) is 1. The SMILES string of the molecule is Cc1ccc(S(=O)(=O)[C@@H](CNC(=O)/C=C/c2ccccc2)c2cccnc2)cc1C. The number of carbonyl (C=O) groups excluding carboxylic acids is 1. The van der Waals surface area contributed by atoms with E-state index in [0.717, 1.165) is 16.7 Å². The van der Waals surface area contributed by atoms with E-state index in [1.165, 1.54) is 12.3 Å². The molecule has 0 saturated heterocycles.